The van der Waals surface area contributed by atoms with E-state index in [1.165, 1.54) is 7.11 Å². The van der Waals surface area contributed by atoms with Gasteiger partial charge in [-0.25, -0.2) is 9.69 Å². The number of para-hydroxylation sites is 2. The number of nitrogens with two attached hydrogens (primary N) is 1. The molecule has 3 atom stereocenters. The van der Waals surface area contributed by atoms with Crippen LogP contribution in [-0.2, 0) is 25.5 Å². The number of aryl methyl sites for hydroxylation is 1. The summed E-state index contributed by atoms with van der Waals surface area (Å²) in [6.07, 6.45) is 0.137. The fourth-order valence-electron chi connectivity index (χ4n) is 5.60. The van der Waals surface area contributed by atoms with E-state index < -0.39 is 30.0 Å². The van der Waals surface area contributed by atoms with E-state index in [0.29, 0.717) is 25.1 Å². The van der Waals surface area contributed by atoms with E-state index in [2.05, 4.69) is 10.6 Å². The van der Waals surface area contributed by atoms with Crippen molar-refractivity contribution in [1.29, 1.82) is 0 Å². The minimum atomic E-state index is -1.08. The van der Waals surface area contributed by atoms with Crippen LogP contribution in [0.2, 0.25) is 0 Å². The molecule has 3 amide bonds. The maximum atomic E-state index is 14.1. The summed E-state index contributed by atoms with van der Waals surface area (Å²) in [7, 11) is 1.24. The molecule has 0 saturated carbocycles. The average Bonchev–Trinajstić information content (AvgIpc) is 3.09. The number of nitrogens with one attached hydrogen (secondary N) is 2. The van der Waals surface area contributed by atoms with Gasteiger partial charge in [-0.15, -0.1) is 0 Å². The molecule has 0 unspecified atom stereocenters. The lowest BCUT2D eigenvalue weighted by molar-refractivity contribution is -0.122. The van der Waals surface area contributed by atoms with Gasteiger partial charge in [-0.3, -0.25) is 9.59 Å². The van der Waals surface area contributed by atoms with Crippen LogP contribution in [0, 0.1) is 0 Å². The number of benzene rings is 4. The smallest absolute Gasteiger partial charge is 0.420 e. The first kappa shape index (κ1) is 31.6. The number of methoxy groups -OCH3 is 1. The zero-order valence-corrected chi connectivity index (χ0v) is 25.2. The van der Waals surface area contributed by atoms with E-state index in [1.807, 2.05) is 103 Å². The highest BCUT2D eigenvalue weighted by atomic mass is 16.5. The summed E-state index contributed by atoms with van der Waals surface area (Å²) in [4.78, 5) is 41.1. The molecule has 9 heteroatoms. The molecule has 1 saturated heterocycles. The van der Waals surface area contributed by atoms with Crippen LogP contribution in [0.25, 0.3) is 0 Å². The summed E-state index contributed by atoms with van der Waals surface area (Å²) >= 11 is 0. The zero-order chi connectivity index (χ0) is 31.6. The number of hydrogen-bond acceptors (Lipinski definition) is 7. The molecule has 0 radical (unpaired) electrons. The number of rotatable bonds is 10. The number of morpholine rings is 1. The number of imide groups is 1. The van der Waals surface area contributed by atoms with Crippen LogP contribution >= 0.6 is 0 Å². The van der Waals surface area contributed by atoms with Crippen LogP contribution in [-0.4, -0.2) is 56.4 Å². The van der Waals surface area contributed by atoms with Crippen molar-refractivity contribution in [3.05, 3.63) is 132 Å². The van der Waals surface area contributed by atoms with Crippen molar-refractivity contribution in [3.63, 3.8) is 0 Å². The van der Waals surface area contributed by atoms with E-state index in [9.17, 15) is 14.4 Å². The van der Waals surface area contributed by atoms with Crippen LogP contribution in [0.15, 0.2) is 115 Å². The van der Waals surface area contributed by atoms with Crippen molar-refractivity contribution in [2.45, 2.75) is 36.9 Å². The Morgan fingerprint density at radius 1 is 0.889 bits per heavy atom. The molecule has 4 aromatic carbocycles. The van der Waals surface area contributed by atoms with E-state index >= 15 is 0 Å². The monoisotopic (exact) mass is 606 g/mol. The van der Waals surface area contributed by atoms with Gasteiger partial charge in [-0.1, -0.05) is 97.1 Å². The molecule has 232 valence electrons. The average molecular weight is 607 g/mol. The lowest BCUT2D eigenvalue weighted by Crippen LogP contribution is -2.52. The maximum absolute atomic E-state index is 14.1. The summed E-state index contributed by atoms with van der Waals surface area (Å²) < 4.78 is 11.1. The quantitative estimate of drug-likeness (QED) is 0.235. The Balaban J connectivity index is 1.29. The van der Waals surface area contributed by atoms with Crippen molar-refractivity contribution in [3.8, 4) is 0 Å². The van der Waals surface area contributed by atoms with E-state index in [0.717, 1.165) is 27.3 Å². The second-order valence-electron chi connectivity index (χ2n) is 10.9. The van der Waals surface area contributed by atoms with Gasteiger partial charge in [0.1, 0.15) is 6.04 Å². The highest BCUT2D eigenvalue weighted by Gasteiger charge is 2.36. The number of hydrogen-bond donors (Lipinski definition) is 3. The lowest BCUT2D eigenvalue weighted by Gasteiger charge is -2.31. The molecule has 0 aromatic heterocycles. The molecule has 45 heavy (non-hydrogen) atoms. The third-order valence-electron chi connectivity index (χ3n) is 7.96. The molecule has 5 rings (SSSR count). The first-order valence-corrected chi connectivity index (χ1v) is 15.0. The molecule has 9 nitrogen and oxygen atoms in total. The van der Waals surface area contributed by atoms with Crippen LogP contribution < -0.4 is 21.3 Å². The largest absolute Gasteiger partial charge is 0.452 e. The molecule has 4 N–H and O–H groups in total. The van der Waals surface area contributed by atoms with Gasteiger partial charge in [0.25, 0.3) is 5.91 Å². The van der Waals surface area contributed by atoms with Gasteiger partial charge in [0.05, 0.1) is 31.5 Å². The first-order chi connectivity index (χ1) is 22.0. The van der Waals surface area contributed by atoms with Gasteiger partial charge in [-0.05, 0) is 47.7 Å². The summed E-state index contributed by atoms with van der Waals surface area (Å²) in [6.45, 7) is 0.711. The normalized spacial score (nSPS) is 16.9. The van der Waals surface area contributed by atoms with Crippen LogP contribution in [0.1, 0.15) is 29.0 Å². The van der Waals surface area contributed by atoms with Crippen molar-refractivity contribution in [2.75, 3.05) is 30.5 Å². The maximum Gasteiger partial charge on any atom is 0.420 e. The number of amides is 3. The third-order valence-corrected chi connectivity index (χ3v) is 7.96. The second-order valence-corrected chi connectivity index (χ2v) is 10.9. The SMILES string of the molecule is COC(=O)N(C(=O)[C@@H](N)C(c1ccccc1)c1ccccc1)c1ccccc1CC[C@@H]1CN[C@H](C(=O)Nc2ccccc2)CO1. The molecular formula is C36H38N4O5. The highest BCUT2D eigenvalue weighted by molar-refractivity contribution is 6.15. The Bertz CT molecular complexity index is 1520. The lowest BCUT2D eigenvalue weighted by atomic mass is 9.84. The second kappa shape index (κ2) is 15.3. The number of carbonyl (C=O) groups excluding carboxylic acids is 3. The number of nitrogens with zero attached hydrogens (tertiary/aromatic N) is 1. The van der Waals surface area contributed by atoms with Gasteiger partial charge in [0.2, 0.25) is 5.91 Å². The first-order valence-electron chi connectivity index (χ1n) is 15.0. The van der Waals surface area contributed by atoms with Crippen molar-refractivity contribution < 1.29 is 23.9 Å². The van der Waals surface area contributed by atoms with Gasteiger partial charge in [0, 0.05) is 18.2 Å². The highest BCUT2D eigenvalue weighted by Crippen LogP contribution is 2.31. The van der Waals surface area contributed by atoms with Gasteiger partial charge < -0.3 is 25.8 Å². The Kier molecular flexibility index (Phi) is 10.7. The molecule has 0 aliphatic carbocycles. The molecular weight excluding hydrogens is 568 g/mol. The standard InChI is InChI=1S/C36H38N4O5/c1-44-36(43)40(35(42)33(37)32(26-14-5-2-6-15-26)27-16-7-3-8-17-27)31-20-12-11-13-25(31)21-22-29-23-38-30(24-45-29)34(41)39-28-18-9-4-10-19-28/h2-20,29-30,32-33,38H,21-24,37H2,1H3,(H,39,41)/t29-,30+,33+/m1/s1. The van der Waals surface area contributed by atoms with Gasteiger partial charge in [-0.2, -0.15) is 0 Å². The Morgan fingerprint density at radius 2 is 1.47 bits per heavy atom. The Labute approximate surface area is 263 Å². The Hall–Kier alpha value is -4.83. The topological polar surface area (TPSA) is 123 Å². The fraction of sp³-hybridized carbons (Fsp3) is 0.250. The van der Waals surface area contributed by atoms with Crippen LogP contribution in [0.3, 0.4) is 0 Å². The molecule has 1 heterocycles. The Morgan fingerprint density at radius 3 is 2.04 bits per heavy atom. The minimum Gasteiger partial charge on any atom is -0.452 e. The fourth-order valence-corrected chi connectivity index (χ4v) is 5.60. The number of anilines is 2. The zero-order valence-electron chi connectivity index (χ0n) is 25.2. The minimum absolute atomic E-state index is 0.155. The number of carbonyl (C=O) groups is 3. The third kappa shape index (κ3) is 7.82. The van der Waals surface area contributed by atoms with Crippen molar-refractivity contribution >= 4 is 29.3 Å². The summed E-state index contributed by atoms with van der Waals surface area (Å²) in [5.74, 6) is -1.22. The predicted octanol–water partition coefficient (Wildman–Crippen LogP) is 4.87. The van der Waals surface area contributed by atoms with E-state index in [4.69, 9.17) is 15.2 Å². The van der Waals surface area contributed by atoms with Crippen molar-refractivity contribution in [1.82, 2.24) is 5.32 Å². The van der Waals surface area contributed by atoms with Crippen molar-refractivity contribution in [2.24, 2.45) is 5.73 Å². The predicted molar refractivity (Wildman–Crippen MR) is 174 cm³/mol. The van der Waals surface area contributed by atoms with Crippen LogP contribution in [0.5, 0.6) is 0 Å². The summed E-state index contributed by atoms with van der Waals surface area (Å²) in [5.41, 5.74) is 10.4. The van der Waals surface area contributed by atoms with Gasteiger partial charge >= 0.3 is 6.09 Å². The molecule has 1 fully saturated rings. The van der Waals surface area contributed by atoms with Gasteiger partial charge in [0.15, 0.2) is 0 Å². The molecule has 0 bridgehead atoms. The molecule has 0 spiro atoms. The summed E-state index contributed by atoms with van der Waals surface area (Å²) in [6, 6.07) is 34.1. The summed E-state index contributed by atoms with van der Waals surface area (Å²) in [5, 5.41) is 6.17. The molecule has 1 aliphatic heterocycles. The van der Waals surface area contributed by atoms with E-state index in [1.54, 1.807) is 12.1 Å². The van der Waals surface area contributed by atoms with Crippen LogP contribution in [0.4, 0.5) is 16.2 Å². The number of ether oxygens (including phenoxy) is 2. The molecule has 4 aromatic rings. The van der Waals surface area contributed by atoms with E-state index in [-0.39, 0.29) is 18.6 Å². The molecule has 1 aliphatic rings.